The minimum atomic E-state index is -3.54. The van der Waals surface area contributed by atoms with Gasteiger partial charge in [0.05, 0.1) is 12.7 Å². The number of nitrogens with one attached hydrogen (secondary N) is 3. The number of ether oxygens (including phenoxy) is 2. The fourth-order valence-electron chi connectivity index (χ4n) is 2.55. The lowest BCUT2D eigenvalue weighted by Crippen LogP contribution is -2.42. The summed E-state index contributed by atoms with van der Waals surface area (Å²) in [6.07, 6.45) is 6.15. The average Bonchev–Trinajstić information content (AvgIpc) is 3.20. The van der Waals surface area contributed by atoms with Crippen LogP contribution >= 0.6 is 0 Å². The Morgan fingerprint density at radius 1 is 1.37 bits per heavy atom. The highest BCUT2D eigenvalue weighted by molar-refractivity contribution is 7.89. The van der Waals surface area contributed by atoms with Crippen molar-refractivity contribution in [2.45, 2.75) is 30.3 Å². The van der Waals surface area contributed by atoms with E-state index in [0.29, 0.717) is 32.3 Å². The van der Waals surface area contributed by atoms with Gasteiger partial charge in [0.25, 0.3) is 0 Å². The van der Waals surface area contributed by atoms with Gasteiger partial charge in [0.1, 0.15) is 4.90 Å². The van der Waals surface area contributed by atoms with E-state index in [1.54, 1.807) is 13.1 Å². The molecule has 1 aromatic rings. The molecule has 1 aliphatic heterocycles. The molecule has 1 fully saturated rings. The lowest BCUT2D eigenvalue weighted by molar-refractivity contribution is 0.0168. The molecule has 27 heavy (non-hydrogen) atoms. The zero-order chi connectivity index (χ0) is 19.4. The molecular formula is C17H29N5O4S. The number of hydrogen-bond acceptors (Lipinski definition) is 6. The normalized spacial score (nSPS) is 17.8. The number of rotatable bonds is 11. The Bertz CT molecular complexity index is 663. The molecule has 1 aromatic heterocycles. The van der Waals surface area contributed by atoms with Crippen molar-refractivity contribution >= 4 is 16.0 Å². The van der Waals surface area contributed by atoms with Crippen LogP contribution in [0.15, 0.2) is 34.4 Å². The summed E-state index contributed by atoms with van der Waals surface area (Å²) in [7, 11) is -1.87. The van der Waals surface area contributed by atoms with Crippen molar-refractivity contribution in [2.24, 2.45) is 4.99 Å². The molecule has 0 aromatic carbocycles. The van der Waals surface area contributed by atoms with E-state index in [9.17, 15) is 8.42 Å². The summed E-state index contributed by atoms with van der Waals surface area (Å²) in [6, 6.07) is 3.09. The van der Waals surface area contributed by atoms with Crippen LogP contribution in [0.1, 0.15) is 19.3 Å². The minimum Gasteiger partial charge on any atom is -0.379 e. The largest absolute Gasteiger partial charge is 0.379 e. The fraction of sp³-hybridized carbons (Fsp3) is 0.647. The quantitative estimate of drug-likeness (QED) is 0.275. The van der Waals surface area contributed by atoms with Gasteiger partial charge in [0, 0.05) is 52.3 Å². The summed E-state index contributed by atoms with van der Waals surface area (Å²) in [4.78, 5) is 8.07. The first-order chi connectivity index (χ1) is 13.1. The highest BCUT2D eigenvalue weighted by Gasteiger charge is 2.15. The second-order valence-electron chi connectivity index (χ2n) is 6.08. The van der Waals surface area contributed by atoms with Crippen molar-refractivity contribution in [2.75, 3.05) is 46.5 Å². The van der Waals surface area contributed by atoms with E-state index in [1.165, 1.54) is 18.5 Å². The van der Waals surface area contributed by atoms with Gasteiger partial charge in [-0.15, -0.1) is 0 Å². The Hall–Kier alpha value is -1.75. The molecule has 0 aliphatic carbocycles. The van der Waals surface area contributed by atoms with Crippen LogP contribution in [0.2, 0.25) is 0 Å². The Balaban J connectivity index is 1.53. The molecule has 0 radical (unpaired) electrons. The number of pyridine rings is 1. The number of hydrogen-bond donors (Lipinski definition) is 3. The fourth-order valence-corrected chi connectivity index (χ4v) is 3.54. The summed E-state index contributed by atoms with van der Waals surface area (Å²) in [5, 5.41) is 6.23. The van der Waals surface area contributed by atoms with Crippen LogP contribution in [-0.4, -0.2) is 72.0 Å². The zero-order valence-corrected chi connectivity index (χ0v) is 16.5. The summed E-state index contributed by atoms with van der Waals surface area (Å²) in [5.41, 5.74) is 0. The molecule has 9 nitrogen and oxygen atoms in total. The van der Waals surface area contributed by atoms with Crippen LogP contribution in [-0.2, 0) is 19.5 Å². The van der Waals surface area contributed by atoms with E-state index in [0.717, 1.165) is 25.9 Å². The summed E-state index contributed by atoms with van der Waals surface area (Å²) >= 11 is 0. The Labute approximate surface area is 161 Å². The molecule has 0 saturated carbocycles. The molecule has 1 aliphatic rings. The van der Waals surface area contributed by atoms with E-state index in [4.69, 9.17) is 9.47 Å². The Morgan fingerprint density at radius 3 is 2.93 bits per heavy atom. The number of guanidine groups is 1. The third kappa shape index (κ3) is 8.21. The third-order valence-electron chi connectivity index (χ3n) is 3.96. The smallest absolute Gasteiger partial charge is 0.242 e. The number of sulfonamides is 1. The maximum Gasteiger partial charge on any atom is 0.242 e. The SMILES string of the molecule is CN=C(NCCCOCC1CCCO1)NCCNS(=O)(=O)c1cccnc1. The lowest BCUT2D eigenvalue weighted by atomic mass is 10.2. The molecule has 2 rings (SSSR count). The van der Waals surface area contributed by atoms with Crippen LogP contribution < -0.4 is 15.4 Å². The van der Waals surface area contributed by atoms with Gasteiger partial charge in [-0.05, 0) is 31.4 Å². The van der Waals surface area contributed by atoms with Crippen molar-refractivity contribution in [1.82, 2.24) is 20.3 Å². The van der Waals surface area contributed by atoms with Crippen LogP contribution in [0.25, 0.3) is 0 Å². The second kappa shape index (κ2) is 11.9. The molecule has 1 saturated heterocycles. The van der Waals surface area contributed by atoms with Gasteiger partial charge >= 0.3 is 0 Å². The van der Waals surface area contributed by atoms with Crippen molar-refractivity contribution in [1.29, 1.82) is 0 Å². The number of aliphatic imine (C=N–C) groups is 1. The van der Waals surface area contributed by atoms with Gasteiger partial charge in [0.2, 0.25) is 10.0 Å². The van der Waals surface area contributed by atoms with Gasteiger partial charge in [0.15, 0.2) is 5.96 Å². The summed E-state index contributed by atoms with van der Waals surface area (Å²) in [5.74, 6) is 0.620. The molecule has 0 bridgehead atoms. The van der Waals surface area contributed by atoms with E-state index < -0.39 is 10.0 Å². The molecule has 2 heterocycles. The van der Waals surface area contributed by atoms with Crippen LogP contribution in [0.5, 0.6) is 0 Å². The van der Waals surface area contributed by atoms with E-state index >= 15 is 0 Å². The molecule has 152 valence electrons. The van der Waals surface area contributed by atoms with Crippen LogP contribution in [0.4, 0.5) is 0 Å². The maximum atomic E-state index is 12.1. The summed E-state index contributed by atoms with van der Waals surface area (Å²) < 4.78 is 37.8. The van der Waals surface area contributed by atoms with Gasteiger partial charge in [-0.3, -0.25) is 9.98 Å². The monoisotopic (exact) mass is 399 g/mol. The van der Waals surface area contributed by atoms with Gasteiger partial charge < -0.3 is 20.1 Å². The first-order valence-corrected chi connectivity index (χ1v) is 10.6. The molecule has 3 N–H and O–H groups in total. The first kappa shape index (κ1) is 21.5. The molecule has 10 heteroatoms. The highest BCUT2D eigenvalue weighted by atomic mass is 32.2. The minimum absolute atomic E-state index is 0.149. The predicted molar refractivity (Wildman–Crippen MR) is 103 cm³/mol. The maximum absolute atomic E-state index is 12.1. The zero-order valence-electron chi connectivity index (χ0n) is 15.7. The number of aromatic nitrogens is 1. The molecule has 1 unspecified atom stereocenters. The van der Waals surface area contributed by atoms with Gasteiger partial charge in [-0.25, -0.2) is 13.1 Å². The summed E-state index contributed by atoms with van der Waals surface area (Å²) in [6.45, 7) is 3.53. The van der Waals surface area contributed by atoms with Crippen molar-refractivity contribution in [3.8, 4) is 0 Å². The van der Waals surface area contributed by atoms with Crippen molar-refractivity contribution in [3.63, 3.8) is 0 Å². The molecule has 0 spiro atoms. The first-order valence-electron chi connectivity index (χ1n) is 9.15. The van der Waals surface area contributed by atoms with Crippen molar-refractivity contribution < 1.29 is 17.9 Å². The highest BCUT2D eigenvalue weighted by Crippen LogP contribution is 2.11. The molecule has 0 amide bonds. The molecular weight excluding hydrogens is 370 g/mol. The lowest BCUT2D eigenvalue weighted by Gasteiger charge is -2.13. The average molecular weight is 400 g/mol. The molecule has 1 atom stereocenters. The third-order valence-corrected chi connectivity index (χ3v) is 5.41. The topological polar surface area (TPSA) is 114 Å². The Morgan fingerprint density at radius 2 is 2.22 bits per heavy atom. The standard InChI is InChI=1S/C17H29N5O4S/c1-18-17(20-8-4-11-25-14-15-5-3-12-26-15)21-9-10-22-27(23,24)16-6-2-7-19-13-16/h2,6-7,13,15,22H,3-5,8-12,14H2,1H3,(H2,18,20,21). The van der Waals surface area contributed by atoms with E-state index in [-0.39, 0.29) is 17.5 Å². The Kier molecular flexibility index (Phi) is 9.46. The van der Waals surface area contributed by atoms with Gasteiger partial charge in [-0.1, -0.05) is 0 Å². The van der Waals surface area contributed by atoms with E-state index in [1.807, 2.05) is 0 Å². The van der Waals surface area contributed by atoms with Crippen LogP contribution in [0.3, 0.4) is 0 Å². The predicted octanol–water partition coefficient (Wildman–Crippen LogP) is 0.111. The van der Waals surface area contributed by atoms with Gasteiger partial charge in [-0.2, -0.15) is 0 Å². The van der Waals surface area contributed by atoms with Crippen LogP contribution in [0, 0.1) is 0 Å². The van der Waals surface area contributed by atoms with E-state index in [2.05, 4.69) is 25.3 Å². The number of nitrogens with zero attached hydrogens (tertiary/aromatic N) is 2. The second-order valence-corrected chi connectivity index (χ2v) is 7.84. The van der Waals surface area contributed by atoms with Crippen molar-refractivity contribution in [3.05, 3.63) is 24.5 Å².